The van der Waals surface area contributed by atoms with Gasteiger partial charge in [0.05, 0.1) is 0 Å². The van der Waals surface area contributed by atoms with Crippen molar-refractivity contribution in [3.63, 3.8) is 0 Å². The van der Waals surface area contributed by atoms with Gasteiger partial charge in [0.1, 0.15) is 0 Å². The highest BCUT2D eigenvalue weighted by Crippen LogP contribution is 2.23. The van der Waals surface area contributed by atoms with E-state index in [2.05, 4.69) is 62.4 Å². The first-order valence-electron chi connectivity index (χ1n) is 7.19. The molecule has 1 aromatic carbocycles. The third kappa shape index (κ3) is 3.12. The van der Waals surface area contributed by atoms with Crippen LogP contribution in [0.3, 0.4) is 0 Å². The standard InChI is InChI=1S/C16H26N2/c1-12-8-10-16(11-9-12)15(4)17-18-13(2)6-5-7-14(18)3/h8-11,13-15,17H,5-7H2,1-4H3. The van der Waals surface area contributed by atoms with Crippen LogP contribution < -0.4 is 5.43 Å². The molecule has 3 unspecified atom stereocenters. The molecule has 1 saturated heterocycles. The Balaban J connectivity index is 2.01. The minimum Gasteiger partial charge on any atom is -0.247 e. The molecular weight excluding hydrogens is 220 g/mol. The Labute approximate surface area is 111 Å². The van der Waals surface area contributed by atoms with E-state index >= 15 is 0 Å². The smallest absolute Gasteiger partial charge is 0.0436 e. The van der Waals surface area contributed by atoms with E-state index in [-0.39, 0.29) is 0 Å². The highest BCUT2D eigenvalue weighted by atomic mass is 15.5. The monoisotopic (exact) mass is 246 g/mol. The molecule has 0 bridgehead atoms. The average Bonchev–Trinajstić information content (AvgIpc) is 2.34. The fraction of sp³-hybridized carbons (Fsp3) is 0.625. The highest BCUT2D eigenvalue weighted by Gasteiger charge is 2.25. The molecule has 0 aliphatic carbocycles. The molecule has 1 aliphatic heterocycles. The molecule has 2 nitrogen and oxygen atoms in total. The van der Waals surface area contributed by atoms with E-state index in [1.807, 2.05) is 0 Å². The number of aryl methyl sites for hydroxylation is 1. The van der Waals surface area contributed by atoms with Gasteiger partial charge in [-0.05, 0) is 46.1 Å². The molecular formula is C16H26N2. The van der Waals surface area contributed by atoms with E-state index in [1.54, 1.807) is 0 Å². The van der Waals surface area contributed by atoms with Gasteiger partial charge in [-0.2, -0.15) is 0 Å². The van der Waals surface area contributed by atoms with E-state index in [9.17, 15) is 0 Å². The van der Waals surface area contributed by atoms with Crippen LogP contribution in [0.4, 0.5) is 0 Å². The summed E-state index contributed by atoms with van der Waals surface area (Å²) >= 11 is 0. The van der Waals surface area contributed by atoms with Crippen LogP contribution in [0.5, 0.6) is 0 Å². The minimum atomic E-state index is 0.383. The Morgan fingerprint density at radius 1 is 1.11 bits per heavy atom. The Hall–Kier alpha value is -0.860. The molecule has 1 aromatic rings. The maximum absolute atomic E-state index is 3.69. The summed E-state index contributed by atoms with van der Waals surface area (Å²) in [7, 11) is 0. The van der Waals surface area contributed by atoms with Gasteiger partial charge in [-0.15, -0.1) is 0 Å². The third-order valence-corrected chi connectivity index (χ3v) is 4.11. The van der Waals surface area contributed by atoms with Crippen molar-refractivity contribution in [1.29, 1.82) is 0 Å². The lowest BCUT2D eigenvalue weighted by Crippen LogP contribution is -2.52. The summed E-state index contributed by atoms with van der Waals surface area (Å²) in [5, 5.41) is 2.45. The number of hydrogen-bond acceptors (Lipinski definition) is 2. The van der Waals surface area contributed by atoms with E-state index < -0.39 is 0 Å². The molecule has 2 rings (SSSR count). The normalized spacial score (nSPS) is 27.1. The zero-order valence-electron chi connectivity index (χ0n) is 12.1. The van der Waals surface area contributed by atoms with Crippen LogP contribution in [0, 0.1) is 6.92 Å². The van der Waals surface area contributed by atoms with Crippen LogP contribution in [0.15, 0.2) is 24.3 Å². The van der Waals surface area contributed by atoms with Gasteiger partial charge in [0.15, 0.2) is 0 Å². The van der Waals surface area contributed by atoms with Crippen LogP contribution in [-0.2, 0) is 0 Å². The van der Waals surface area contributed by atoms with Crippen molar-refractivity contribution in [3.8, 4) is 0 Å². The molecule has 1 aliphatic rings. The van der Waals surface area contributed by atoms with Gasteiger partial charge in [0.25, 0.3) is 0 Å². The fourth-order valence-electron chi connectivity index (χ4n) is 2.83. The molecule has 0 amide bonds. The minimum absolute atomic E-state index is 0.383. The van der Waals surface area contributed by atoms with Gasteiger partial charge in [-0.3, -0.25) is 0 Å². The number of nitrogens with one attached hydrogen (secondary N) is 1. The van der Waals surface area contributed by atoms with Crippen molar-refractivity contribution >= 4 is 0 Å². The predicted molar refractivity (Wildman–Crippen MR) is 77.3 cm³/mol. The zero-order valence-corrected chi connectivity index (χ0v) is 12.1. The Bertz CT molecular complexity index is 361. The van der Waals surface area contributed by atoms with Crippen LogP contribution in [0.1, 0.15) is 57.2 Å². The number of hydrazine groups is 1. The van der Waals surface area contributed by atoms with Gasteiger partial charge in [-0.1, -0.05) is 36.2 Å². The molecule has 100 valence electrons. The first kappa shape index (κ1) is 13.6. The number of hydrogen-bond donors (Lipinski definition) is 1. The van der Waals surface area contributed by atoms with Gasteiger partial charge < -0.3 is 0 Å². The second-order valence-electron chi connectivity index (χ2n) is 5.80. The molecule has 0 radical (unpaired) electrons. The number of rotatable bonds is 3. The van der Waals surface area contributed by atoms with Crippen molar-refractivity contribution in [2.45, 2.75) is 65.1 Å². The highest BCUT2D eigenvalue weighted by molar-refractivity contribution is 5.23. The Kier molecular flexibility index (Phi) is 4.41. The van der Waals surface area contributed by atoms with Crippen LogP contribution >= 0.6 is 0 Å². The average molecular weight is 246 g/mol. The van der Waals surface area contributed by atoms with Crippen LogP contribution in [0.2, 0.25) is 0 Å². The molecule has 1 N–H and O–H groups in total. The Morgan fingerprint density at radius 3 is 2.22 bits per heavy atom. The van der Waals surface area contributed by atoms with Crippen molar-refractivity contribution in [1.82, 2.24) is 10.4 Å². The maximum Gasteiger partial charge on any atom is 0.0436 e. The lowest BCUT2D eigenvalue weighted by molar-refractivity contribution is 0.0320. The summed E-state index contributed by atoms with van der Waals surface area (Å²) in [6.45, 7) is 9.03. The van der Waals surface area contributed by atoms with Crippen LogP contribution in [0.25, 0.3) is 0 Å². The second kappa shape index (κ2) is 5.85. The Morgan fingerprint density at radius 2 is 1.67 bits per heavy atom. The molecule has 1 heterocycles. The summed E-state index contributed by atoms with van der Waals surface area (Å²) in [6.07, 6.45) is 3.97. The van der Waals surface area contributed by atoms with E-state index in [4.69, 9.17) is 0 Å². The quantitative estimate of drug-likeness (QED) is 0.872. The summed E-state index contributed by atoms with van der Waals surface area (Å²) in [4.78, 5) is 0. The number of piperidine rings is 1. The molecule has 0 aromatic heterocycles. The molecule has 3 atom stereocenters. The number of benzene rings is 1. The maximum atomic E-state index is 3.69. The van der Waals surface area contributed by atoms with Gasteiger partial charge in [0, 0.05) is 18.1 Å². The van der Waals surface area contributed by atoms with Gasteiger partial charge in [-0.25, -0.2) is 10.4 Å². The summed E-state index contributed by atoms with van der Waals surface area (Å²) in [5.41, 5.74) is 6.38. The summed E-state index contributed by atoms with van der Waals surface area (Å²) in [6, 6.07) is 10.5. The van der Waals surface area contributed by atoms with Gasteiger partial charge >= 0.3 is 0 Å². The lowest BCUT2D eigenvalue weighted by Gasteiger charge is -2.41. The number of nitrogens with zero attached hydrogens (tertiary/aromatic N) is 1. The third-order valence-electron chi connectivity index (χ3n) is 4.11. The first-order valence-corrected chi connectivity index (χ1v) is 7.19. The fourth-order valence-corrected chi connectivity index (χ4v) is 2.83. The van der Waals surface area contributed by atoms with E-state index in [0.717, 1.165) is 0 Å². The lowest BCUT2D eigenvalue weighted by atomic mass is 9.99. The van der Waals surface area contributed by atoms with Crippen molar-refractivity contribution < 1.29 is 0 Å². The van der Waals surface area contributed by atoms with Crippen molar-refractivity contribution in [2.75, 3.05) is 0 Å². The van der Waals surface area contributed by atoms with Crippen LogP contribution in [-0.4, -0.2) is 17.1 Å². The van der Waals surface area contributed by atoms with Gasteiger partial charge in [0.2, 0.25) is 0 Å². The van der Waals surface area contributed by atoms with E-state index in [1.165, 1.54) is 30.4 Å². The zero-order chi connectivity index (χ0) is 13.1. The largest absolute Gasteiger partial charge is 0.247 e. The predicted octanol–water partition coefficient (Wildman–Crippen LogP) is 3.82. The summed E-state index contributed by atoms with van der Waals surface area (Å²) < 4.78 is 0. The van der Waals surface area contributed by atoms with Crippen molar-refractivity contribution in [2.24, 2.45) is 0 Å². The molecule has 0 spiro atoms. The van der Waals surface area contributed by atoms with Crippen molar-refractivity contribution in [3.05, 3.63) is 35.4 Å². The SMILES string of the molecule is Cc1ccc(C(C)NN2C(C)CCCC2C)cc1. The molecule has 18 heavy (non-hydrogen) atoms. The second-order valence-corrected chi connectivity index (χ2v) is 5.80. The summed E-state index contributed by atoms with van der Waals surface area (Å²) in [5.74, 6) is 0. The molecule has 2 heteroatoms. The molecule has 0 saturated carbocycles. The van der Waals surface area contributed by atoms with E-state index in [0.29, 0.717) is 18.1 Å². The molecule has 1 fully saturated rings. The topological polar surface area (TPSA) is 15.3 Å². The first-order chi connectivity index (χ1) is 8.58.